The van der Waals surface area contributed by atoms with Crippen molar-refractivity contribution >= 4 is 5.91 Å². The molecular weight excluding hydrogens is 360 g/mol. The lowest BCUT2D eigenvalue weighted by Crippen LogP contribution is -2.31. The van der Waals surface area contributed by atoms with E-state index < -0.39 is 0 Å². The molecule has 0 spiro atoms. The molecule has 0 unspecified atom stereocenters. The average Bonchev–Trinajstić information content (AvgIpc) is 3.43. The van der Waals surface area contributed by atoms with E-state index in [-0.39, 0.29) is 5.91 Å². The largest absolute Gasteiger partial charge is 0.358 e. The normalized spacial score (nSPS) is 16.6. The Kier molecular flexibility index (Phi) is 4.88. The monoisotopic (exact) mass is 386 g/mol. The summed E-state index contributed by atoms with van der Waals surface area (Å²) < 4.78 is 0. The summed E-state index contributed by atoms with van der Waals surface area (Å²) in [7, 11) is 0. The first-order valence-corrected chi connectivity index (χ1v) is 10.7. The van der Waals surface area contributed by atoms with Gasteiger partial charge in [0.2, 0.25) is 0 Å². The zero-order valence-corrected chi connectivity index (χ0v) is 16.6. The zero-order chi connectivity index (χ0) is 19.6. The molecule has 5 heteroatoms. The Morgan fingerprint density at radius 1 is 1.07 bits per heavy atom. The Balaban J connectivity index is 1.38. The average molecular weight is 386 g/mol. The maximum atomic E-state index is 12.1. The molecule has 5 rings (SSSR count). The number of hydrogen-bond acceptors (Lipinski definition) is 3. The van der Waals surface area contributed by atoms with Crippen molar-refractivity contribution in [2.45, 2.75) is 44.9 Å². The minimum Gasteiger partial charge on any atom is -0.358 e. The minimum atomic E-state index is 0.00203. The highest BCUT2D eigenvalue weighted by atomic mass is 16.1. The van der Waals surface area contributed by atoms with Gasteiger partial charge in [-0.2, -0.15) is 0 Å². The number of aromatic amines is 1. The molecule has 5 nitrogen and oxygen atoms in total. The van der Waals surface area contributed by atoms with Crippen LogP contribution in [0.3, 0.4) is 0 Å². The van der Waals surface area contributed by atoms with Gasteiger partial charge in [-0.25, -0.2) is 0 Å². The van der Waals surface area contributed by atoms with Crippen LogP contribution in [0.25, 0.3) is 22.5 Å². The van der Waals surface area contributed by atoms with Crippen LogP contribution in [-0.4, -0.2) is 27.4 Å². The highest BCUT2D eigenvalue weighted by Crippen LogP contribution is 2.30. The van der Waals surface area contributed by atoms with Crippen LogP contribution in [0.15, 0.2) is 42.9 Å². The van der Waals surface area contributed by atoms with E-state index in [4.69, 9.17) is 0 Å². The predicted molar refractivity (Wildman–Crippen MR) is 114 cm³/mol. The lowest BCUT2D eigenvalue weighted by atomic mass is 9.98. The third-order valence-electron chi connectivity index (χ3n) is 6.28. The molecule has 0 radical (unpaired) electrons. The van der Waals surface area contributed by atoms with Gasteiger partial charge >= 0.3 is 0 Å². The van der Waals surface area contributed by atoms with Crippen molar-refractivity contribution in [1.29, 1.82) is 0 Å². The van der Waals surface area contributed by atoms with Crippen LogP contribution in [0.1, 0.15) is 53.7 Å². The van der Waals surface area contributed by atoms with E-state index >= 15 is 0 Å². The predicted octanol–water partition coefficient (Wildman–Crippen LogP) is 4.55. The Bertz CT molecular complexity index is 1030. The first-order valence-electron chi connectivity index (χ1n) is 10.7. The summed E-state index contributed by atoms with van der Waals surface area (Å²) in [4.78, 5) is 24.5. The fourth-order valence-electron chi connectivity index (χ4n) is 4.64. The van der Waals surface area contributed by atoms with E-state index in [1.54, 1.807) is 0 Å². The van der Waals surface area contributed by atoms with Crippen molar-refractivity contribution in [2.24, 2.45) is 5.92 Å². The Hall–Kier alpha value is -2.95. The molecule has 2 aliphatic rings. The fourth-order valence-corrected chi connectivity index (χ4v) is 4.64. The Morgan fingerprint density at radius 2 is 1.97 bits per heavy atom. The summed E-state index contributed by atoms with van der Waals surface area (Å²) in [6.45, 7) is 0.687. The minimum absolute atomic E-state index is 0.00203. The van der Waals surface area contributed by atoms with Crippen LogP contribution < -0.4 is 5.32 Å². The molecular formula is C24H26N4O. The van der Waals surface area contributed by atoms with Crippen LogP contribution in [0.5, 0.6) is 0 Å². The van der Waals surface area contributed by atoms with Crippen molar-refractivity contribution in [1.82, 2.24) is 20.3 Å². The van der Waals surface area contributed by atoms with Crippen LogP contribution in [0, 0.1) is 5.92 Å². The number of amides is 1. The summed E-state index contributed by atoms with van der Waals surface area (Å²) in [5, 5.41) is 2.90. The molecule has 4 heterocycles. The van der Waals surface area contributed by atoms with Crippen LogP contribution in [-0.2, 0) is 12.8 Å². The third kappa shape index (κ3) is 3.82. The summed E-state index contributed by atoms with van der Waals surface area (Å²) >= 11 is 0. The number of pyridine rings is 2. The van der Waals surface area contributed by atoms with Crippen molar-refractivity contribution in [3.8, 4) is 22.5 Å². The van der Waals surface area contributed by atoms with E-state index in [2.05, 4.69) is 32.4 Å². The molecule has 0 bridgehead atoms. The van der Waals surface area contributed by atoms with Gasteiger partial charge in [-0.1, -0.05) is 25.7 Å². The number of rotatable bonds is 5. The molecule has 1 aliphatic heterocycles. The number of aryl methyl sites for hydroxylation is 1. The SMILES string of the molecule is O=C1NCCc2[nH]c(-c3ccnc(-c4cncc(CCC5CCCC5)c4)c3)cc21. The van der Waals surface area contributed by atoms with Crippen molar-refractivity contribution in [3.05, 3.63) is 59.7 Å². The number of carbonyl (C=O) groups is 1. The molecule has 1 amide bonds. The van der Waals surface area contributed by atoms with Crippen molar-refractivity contribution in [3.63, 3.8) is 0 Å². The number of fused-ring (bicyclic) bond motifs is 1. The van der Waals surface area contributed by atoms with Gasteiger partial charge in [0.05, 0.1) is 11.3 Å². The number of hydrogen-bond donors (Lipinski definition) is 2. The van der Waals surface area contributed by atoms with Gasteiger partial charge in [0, 0.05) is 54.1 Å². The highest BCUT2D eigenvalue weighted by Gasteiger charge is 2.20. The first-order chi connectivity index (χ1) is 14.3. The lowest BCUT2D eigenvalue weighted by molar-refractivity contribution is 0.0946. The molecule has 3 aromatic rings. The molecule has 29 heavy (non-hydrogen) atoms. The van der Waals surface area contributed by atoms with Gasteiger partial charge in [0.25, 0.3) is 5.91 Å². The molecule has 0 aromatic carbocycles. The summed E-state index contributed by atoms with van der Waals surface area (Å²) in [5.74, 6) is 0.887. The Labute approximate surface area is 171 Å². The van der Waals surface area contributed by atoms with Crippen molar-refractivity contribution in [2.75, 3.05) is 6.54 Å². The van der Waals surface area contributed by atoms with Gasteiger partial charge in [0.15, 0.2) is 0 Å². The van der Waals surface area contributed by atoms with E-state index in [0.29, 0.717) is 6.54 Å². The van der Waals surface area contributed by atoms with Crippen molar-refractivity contribution < 1.29 is 4.79 Å². The van der Waals surface area contributed by atoms with E-state index in [0.717, 1.165) is 52.5 Å². The second kappa shape index (κ2) is 7.82. The molecule has 148 valence electrons. The molecule has 3 aromatic heterocycles. The maximum Gasteiger partial charge on any atom is 0.253 e. The molecule has 2 N–H and O–H groups in total. The van der Waals surface area contributed by atoms with Crippen LogP contribution >= 0.6 is 0 Å². The zero-order valence-electron chi connectivity index (χ0n) is 16.6. The number of aromatic nitrogens is 3. The standard InChI is InChI=1S/C24H26N4O/c29-24-20-13-23(28-21(20)8-10-27-24)18-7-9-26-22(12-18)19-11-17(14-25-15-19)6-5-16-3-1-2-4-16/h7,9,11-16,28H,1-6,8,10H2,(H,27,29). The molecule has 1 aliphatic carbocycles. The summed E-state index contributed by atoms with van der Waals surface area (Å²) in [5.41, 5.74) is 7.00. The molecule has 1 fully saturated rings. The first kappa shape index (κ1) is 18.1. The summed E-state index contributed by atoms with van der Waals surface area (Å²) in [6, 6.07) is 8.23. The lowest BCUT2D eigenvalue weighted by Gasteiger charge is -2.11. The molecule has 0 atom stereocenters. The smallest absolute Gasteiger partial charge is 0.253 e. The van der Waals surface area contributed by atoms with Gasteiger partial charge in [-0.05, 0) is 48.6 Å². The van der Waals surface area contributed by atoms with E-state index in [1.807, 2.05) is 30.7 Å². The third-order valence-corrected chi connectivity index (χ3v) is 6.28. The Morgan fingerprint density at radius 3 is 2.83 bits per heavy atom. The van der Waals surface area contributed by atoms with Gasteiger partial charge in [0.1, 0.15) is 0 Å². The van der Waals surface area contributed by atoms with Gasteiger partial charge < -0.3 is 10.3 Å². The molecule has 1 saturated carbocycles. The quantitative estimate of drug-likeness (QED) is 0.676. The van der Waals surface area contributed by atoms with Gasteiger partial charge in [-0.15, -0.1) is 0 Å². The number of nitrogens with zero attached hydrogens (tertiary/aromatic N) is 2. The van der Waals surface area contributed by atoms with E-state index in [9.17, 15) is 4.79 Å². The number of nitrogens with one attached hydrogen (secondary N) is 2. The topological polar surface area (TPSA) is 70.7 Å². The highest BCUT2D eigenvalue weighted by molar-refractivity contribution is 5.97. The maximum absolute atomic E-state index is 12.1. The van der Waals surface area contributed by atoms with E-state index in [1.165, 1.54) is 37.7 Å². The summed E-state index contributed by atoms with van der Waals surface area (Å²) in [6.07, 6.45) is 14.4. The second-order valence-electron chi connectivity index (χ2n) is 8.28. The number of H-pyrrole nitrogens is 1. The van der Waals surface area contributed by atoms with Crippen LogP contribution in [0.2, 0.25) is 0 Å². The van der Waals surface area contributed by atoms with Crippen LogP contribution in [0.4, 0.5) is 0 Å². The molecule has 0 saturated heterocycles. The van der Waals surface area contributed by atoms with Gasteiger partial charge in [-0.3, -0.25) is 14.8 Å². The number of carbonyl (C=O) groups excluding carboxylic acids is 1. The second-order valence-corrected chi connectivity index (χ2v) is 8.28. The fraction of sp³-hybridized carbons (Fsp3) is 0.375.